The molecule has 6 aromatic carbocycles. The second-order valence-electron chi connectivity index (χ2n) is 16.1. The van der Waals surface area contributed by atoms with E-state index in [4.69, 9.17) is 17.2 Å². The van der Waals surface area contributed by atoms with E-state index in [0.29, 0.717) is 19.3 Å². The molecule has 5 amide bonds. The van der Waals surface area contributed by atoms with Crippen LogP contribution in [0.1, 0.15) is 56.2 Å². The molecule has 13 heteroatoms. The third kappa shape index (κ3) is 11.6. The van der Waals surface area contributed by atoms with Gasteiger partial charge in [0.15, 0.2) is 5.96 Å². The minimum atomic E-state index is -1.13. The number of aryl methyl sites for hydroxylation is 1. The van der Waals surface area contributed by atoms with Crippen LogP contribution in [-0.4, -0.2) is 66.2 Å². The number of rotatable bonds is 21. The Morgan fingerprint density at radius 1 is 0.565 bits per heavy atom. The maximum absolute atomic E-state index is 14.3. The lowest BCUT2D eigenvalue weighted by Crippen LogP contribution is -2.59. The number of nitrogens with zero attached hydrogens (tertiary/aromatic N) is 1. The lowest BCUT2D eigenvalue weighted by Gasteiger charge is -2.28. The molecule has 4 atom stereocenters. The van der Waals surface area contributed by atoms with Gasteiger partial charge in [-0.05, 0) is 80.6 Å². The van der Waals surface area contributed by atoms with E-state index in [1.807, 2.05) is 60.7 Å². The van der Waals surface area contributed by atoms with Gasteiger partial charge in [-0.1, -0.05) is 129 Å². The van der Waals surface area contributed by atoms with Crippen LogP contribution in [0.15, 0.2) is 120 Å². The molecule has 322 valence electrons. The van der Waals surface area contributed by atoms with Crippen LogP contribution in [0.25, 0.3) is 32.3 Å². The average molecular weight is 837 g/mol. The normalized spacial score (nSPS) is 13.3. The van der Waals surface area contributed by atoms with Crippen LogP contribution in [0.3, 0.4) is 0 Å². The molecule has 0 saturated heterocycles. The summed E-state index contributed by atoms with van der Waals surface area (Å²) in [5.41, 5.74) is 19.1. The van der Waals surface area contributed by atoms with E-state index < -0.39 is 53.7 Å². The SMILES string of the molecule is CC(C)[C@H](NC(=O)[C@H](Cc1ccccc1)NC(=O)[C@H](Cc1ccccc1)NC(=O)CCCc1ccc2ccc3cccc4ccc1c2c34)C(=O)N[C@@H](CCCN=C(N)N)C(N)=O. The number of carbonyl (C=O) groups is 5. The first kappa shape index (κ1) is 44.5. The molecule has 6 aromatic rings. The third-order valence-corrected chi connectivity index (χ3v) is 11.2. The van der Waals surface area contributed by atoms with Crippen LogP contribution in [0.5, 0.6) is 0 Å². The first-order valence-corrected chi connectivity index (χ1v) is 21.2. The van der Waals surface area contributed by atoms with Gasteiger partial charge in [0.25, 0.3) is 0 Å². The molecule has 0 aliphatic heterocycles. The Balaban J connectivity index is 1.15. The summed E-state index contributed by atoms with van der Waals surface area (Å²) in [7, 11) is 0. The van der Waals surface area contributed by atoms with E-state index in [9.17, 15) is 24.0 Å². The summed E-state index contributed by atoms with van der Waals surface area (Å²) in [5.74, 6) is -3.31. The van der Waals surface area contributed by atoms with Crippen molar-refractivity contribution in [1.29, 1.82) is 0 Å². The Morgan fingerprint density at radius 2 is 1.11 bits per heavy atom. The summed E-state index contributed by atoms with van der Waals surface area (Å²) >= 11 is 0. The molecule has 10 N–H and O–H groups in total. The van der Waals surface area contributed by atoms with Gasteiger partial charge in [-0.2, -0.15) is 0 Å². The number of aliphatic imine (C=N–C) groups is 1. The Labute approximate surface area is 361 Å². The molecule has 0 saturated carbocycles. The minimum absolute atomic E-state index is 0.0925. The fraction of sp³-hybridized carbons (Fsp3) is 0.306. The summed E-state index contributed by atoms with van der Waals surface area (Å²) in [4.78, 5) is 71.9. The van der Waals surface area contributed by atoms with Crippen LogP contribution in [0.4, 0.5) is 0 Å². The number of benzene rings is 6. The summed E-state index contributed by atoms with van der Waals surface area (Å²) < 4.78 is 0. The Morgan fingerprint density at radius 3 is 1.71 bits per heavy atom. The fourth-order valence-electron chi connectivity index (χ4n) is 7.95. The van der Waals surface area contributed by atoms with Crippen molar-refractivity contribution in [2.45, 2.75) is 83.0 Å². The van der Waals surface area contributed by atoms with Crippen molar-refractivity contribution in [2.24, 2.45) is 28.1 Å². The van der Waals surface area contributed by atoms with Crippen molar-refractivity contribution in [3.05, 3.63) is 132 Å². The van der Waals surface area contributed by atoms with Gasteiger partial charge >= 0.3 is 0 Å². The highest BCUT2D eigenvalue weighted by molar-refractivity contribution is 6.23. The highest BCUT2D eigenvalue weighted by Gasteiger charge is 2.32. The van der Waals surface area contributed by atoms with E-state index in [0.717, 1.165) is 16.7 Å². The van der Waals surface area contributed by atoms with Gasteiger partial charge in [-0.15, -0.1) is 0 Å². The van der Waals surface area contributed by atoms with Gasteiger partial charge in [-0.25, -0.2) is 0 Å². The molecular weight excluding hydrogens is 781 g/mol. The first-order chi connectivity index (χ1) is 29.9. The number of carbonyl (C=O) groups excluding carboxylic acids is 5. The molecular formula is C49H56N8O5. The van der Waals surface area contributed by atoms with Crippen LogP contribution in [0, 0.1) is 5.92 Å². The quantitative estimate of drug-likeness (QED) is 0.0237. The molecule has 0 heterocycles. The Bertz CT molecular complexity index is 2510. The van der Waals surface area contributed by atoms with Gasteiger partial charge in [-0.3, -0.25) is 29.0 Å². The molecule has 6 rings (SSSR count). The number of hydrogen-bond acceptors (Lipinski definition) is 6. The fourth-order valence-corrected chi connectivity index (χ4v) is 7.95. The van der Waals surface area contributed by atoms with Crippen molar-refractivity contribution in [3.8, 4) is 0 Å². The largest absolute Gasteiger partial charge is 0.370 e. The Hall–Kier alpha value is -7.02. The van der Waals surface area contributed by atoms with Crippen molar-refractivity contribution in [1.82, 2.24) is 21.3 Å². The predicted octanol–water partition coefficient (Wildman–Crippen LogP) is 4.53. The van der Waals surface area contributed by atoms with Gasteiger partial charge in [0.1, 0.15) is 24.2 Å². The van der Waals surface area contributed by atoms with Crippen molar-refractivity contribution < 1.29 is 24.0 Å². The maximum atomic E-state index is 14.3. The third-order valence-electron chi connectivity index (χ3n) is 11.2. The van der Waals surface area contributed by atoms with Gasteiger partial charge in [0.2, 0.25) is 29.5 Å². The minimum Gasteiger partial charge on any atom is -0.370 e. The van der Waals surface area contributed by atoms with E-state index in [2.05, 4.69) is 80.9 Å². The zero-order valence-corrected chi connectivity index (χ0v) is 35.2. The number of nitrogens with two attached hydrogens (primary N) is 3. The molecule has 0 aromatic heterocycles. The summed E-state index contributed by atoms with van der Waals surface area (Å²) in [6, 6.07) is 33.5. The van der Waals surface area contributed by atoms with Crippen LogP contribution >= 0.6 is 0 Å². The maximum Gasteiger partial charge on any atom is 0.243 e. The van der Waals surface area contributed by atoms with Crippen LogP contribution < -0.4 is 38.5 Å². The number of guanidine groups is 1. The lowest BCUT2D eigenvalue weighted by atomic mass is 9.90. The monoisotopic (exact) mass is 836 g/mol. The number of nitrogens with one attached hydrogen (secondary N) is 4. The van der Waals surface area contributed by atoms with Gasteiger partial charge < -0.3 is 38.5 Å². The van der Waals surface area contributed by atoms with Gasteiger partial charge in [0, 0.05) is 25.8 Å². The molecule has 0 aliphatic carbocycles. The molecule has 0 aliphatic rings. The highest BCUT2D eigenvalue weighted by Crippen LogP contribution is 2.36. The van der Waals surface area contributed by atoms with Crippen molar-refractivity contribution in [3.63, 3.8) is 0 Å². The number of amides is 5. The zero-order chi connectivity index (χ0) is 44.2. The summed E-state index contributed by atoms with van der Waals surface area (Å²) in [6.45, 7) is 3.74. The van der Waals surface area contributed by atoms with Crippen molar-refractivity contribution >= 4 is 67.8 Å². The summed E-state index contributed by atoms with van der Waals surface area (Å²) in [6.07, 6.45) is 2.24. The standard InChI is InChI=1S/C49H56N8O5/c1-30(2)44(48(62)55-38(45(50)59)19-11-27-53-49(51)52)57-47(61)40(29-32-14-7-4-8-15-32)56-46(60)39(28-31-12-5-3-6-13-31)54-41(58)20-10-16-33-21-22-36-24-23-34-17-9-18-35-25-26-37(33)43(36)42(34)35/h3-9,12-15,17-18,21-26,30,38-40,44H,10-11,16,19-20,27-29H2,1-2H3,(H2,50,59)(H,54,58)(H,55,62)(H,56,60)(H,57,61)(H4,51,52,53)/t38-,39-,40-,44-/m0/s1. The molecule has 0 spiro atoms. The number of hydrogen-bond donors (Lipinski definition) is 7. The molecule has 13 nitrogen and oxygen atoms in total. The molecule has 62 heavy (non-hydrogen) atoms. The lowest BCUT2D eigenvalue weighted by molar-refractivity contribution is -0.135. The van der Waals surface area contributed by atoms with E-state index in [-0.39, 0.29) is 44.1 Å². The molecule has 0 radical (unpaired) electrons. The summed E-state index contributed by atoms with van der Waals surface area (Å²) in [5, 5.41) is 18.5. The smallest absolute Gasteiger partial charge is 0.243 e. The van der Waals surface area contributed by atoms with E-state index >= 15 is 0 Å². The number of primary amides is 1. The average Bonchev–Trinajstić information content (AvgIpc) is 3.26. The van der Waals surface area contributed by atoms with E-state index in [1.54, 1.807) is 13.8 Å². The van der Waals surface area contributed by atoms with Crippen LogP contribution in [-0.2, 0) is 43.2 Å². The molecule has 0 unspecified atom stereocenters. The van der Waals surface area contributed by atoms with E-state index in [1.165, 1.54) is 32.3 Å². The highest BCUT2D eigenvalue weighted by atomic mass is 16.2. The zero-order valence-electron chi connectivity index (χ0n) is 35.2. The topological polar surface area (TPSA) is 224 Å². The van der Waals surface area contributed by atoms with Gasteiger partial charge in [0.05, 0.1) is 0 Å². The molecule has 0 fully saturated rings. The second-order valence-corrected chi connectivity index (χ2v) is 16.1. The predicted molar refractivity (Wildman–Crippen MR) is 245 cm³/mol. The second kappa shape index (κ2) is 21.0. The van der Waals surface area contributed by atoms with Crippen LogP contribution in [0.2, 0.25) is 0 Å². The Kier molecular flexibility index (Phi) is 15.1. The molecule has 0 bridgehead atoms. The first-order valence-electron chi connectivity index (χ1n) is 21.2. The van der Waals surface area contributed by atoms with Crippen molar-refractivity contribution in [2.75, 3.05) is 6.54 Å².